The summed E-state index contributed by atoms with van der Waals surface area (Å²) in [5.41, 5.74) is 1.20. The molecule has 4 heterocycles. The minimum atomic E-state index is -0.669. The van der Waals surface area contributed by atoms with Gasteiger partial charge in [0.1, 0.15) is 23.7 Å². The van der Waals surface area contributed by atoms with Gasteiger partial charge in [0.25, 0.3) is 0 Å². The first-order valence-electron chi connectivity index (χ1n) is 14.2. The van der Waals surface area contributed by atoms with Gasteiger partial charge < -0.3 is 29.5 Å². The van der Waals surface area contributed by atoms with Gasteiger partial charge in [-0.05, 0) is 65.3 Å². The lowest BCUT2D eigenvalue weighted by atomic mass is 10.1. The molecule has 0 saturated carbocycles. The number of aromatic nitrogens is 3. The fourth-order valence-corrected chi connectivity index (χ4v) is 5.05. The molecule has 1 N–H and O–H groups in total. The van der Waals surface area contributed by atoms with Gasteiger partial charge in [-0.2, -0.15) is 0 Å². The van der Waals surface area contributed by atoms with E-state index in [2.05, 4.69) is 25.2 Å². The molecule has 1 fully saturated rings. The lowest BCUT2D eigenvalue weighted by molar-refractivity contribution is 0.0263. The van der Waals surface area contributed by atoms with Crippen LogP contribution in [0.1, 0.15) is 41.0 Å². The number of fused-ring (bicyclic) bond motifs is 1. The van der Waals surface area contributed by atoms with E-state index in [0.717, 1.165) is 24.8 Å². The highest BCUT2D eigenvalue weighted by Crippen LogP contribution is 2.39. The van der Waals surface area contributed by atoms with Crippen molar-refractivity contribution < 1.29 is 23.0 Å². The number of nitrogens with zero attached hydrogens (tertiary/aromatic N) is 6. The highest BCUT2D eigenvalue weighted by molar-refractivity contribution is 5.73. The smallest absolute Gasteiger partial charge is 0.410 e. The summed E-state index contributed by atoms with van der Waals surface area (Å²) < 4.78 is 41.0. The molecule has 3 aromatic rings. The molecule has 5 rings (SSSR count). The summed E-state index contributed by atoms with van der Waals surface area (Å²) in [6.07, 6.45) is 3.29. The SMILES string of the molecule is CC(C)N1CCOc2c(F)cc(-c3nc(Nc4ccc(N5CCCN(C(=O)OC(C)(C)C)CC5)cn4)ncc3F)cc21. The minimum absolute atomic E-state index is 0.0285. The van der Waals surface area contributed by atoms with Gasteiger partial charge in [-0.1, -0.05) is 0 Å². The predicted molar refractivity (Wildman–Crippen MR) is 158 cm³/mol. The molecule has 12 heteroatoms. The molecule has 1 saturated heterocycles. The van der Waals surface area contributed by atoms with E-state index < -0.39 is 17.2 Å². The number of hydrogen-bond acceptors (Lipinski definition) is 9. The molecule has 10 nitrogen and oxygen atoms in total. The molecule has 0 spiro atoms. The fourth-order valence-electron chi connectivity index (χ4n) is 5.05. The maximum Gasteiger partial charge on any atom is 0.410 e. The first-order valence-corrected chi connectivity index (χ1v) is 14.2. The molecule has 2 aliphatic heterocycles. The second-order valence-electron chi connectivity index (χ2n) is 11.7. The Morgan fingerprint density at radius 1 is 1.02 bits per heavy atom. The van der Waals surface area contributed by atoms with E-state index in [1.165, 1.54) is 6.07 Å². The number of pyridine rings is 1. The van der Waals surface area contributed by atoms with Gasteiger partial charge in [0, 0.05) is 37.8 Å². The molecular formula is C30H37F2N7O3. The normalized spacial score (nSPS) is 15.7. The van der Waals surface area contributed by atoms with Crippen molar-refractivity contribution in [2.75, 3.05) is 54.4 Å². The van der Waals surface area contributed by atoms with Crippen LogP contribution in [0.2, 0.25) is 0 Å². The average molecular weight is 582 g/mol. The van der Waals surface area contributed by atoms with Gasteiger partial charge >= 0.3 is 6.09 Å². The molecule has 0 radical (unpaired) electrons. The van der Waals surface area contributed by atoms with Crippen LogP contribution in [0.25, 0.3) is 11.3 Å². The molecule has 42 heavy (non-hydrogen) atoms. The van der Waals surface area contributed by atoms with Crippen LogP contribution in [0.5, 0.6) is 5.75 Å². The molecule has 1 aromatic carbocycles. The van der Waals surface area contributed by atoms with Crippen molar-refractivity contribution in [3.63, 3.8) is 0 Å². The molecular weight excluding hydrogens is 544 g/mol. The Labute approximate surface area is 244 Å². The van der Waals surface area contributed by atoms with Gasteiger partial charge in [0.2, 0.25) is 5.95 Å². The summed E-state index contributed by atoms with van der Waals surface area (Å²) in [6, 6.07) is 6.75. The molecule has 0 unspecified atom stereocenters. The highest BCUT2D eigenvalue weighted by Gasteiger charge is 2.27. The second kappa shape index (κ2) is 11.9. The number of amides is 1. The van der Waals surface area contributed by atoms with E-state index in [0.29, 0.717) is 44.3 Å². The summed E-state index contributed by atoms with van der Waals surface area (Å²) in [4.78, 5) is 31.3. The summed E-state index contributed by atoms with van der Waals surface area (Å²) in [6.45, 7) is 13.2. The summed E-state index contributed by atoms with van der Waals surface area (Å²) in [7, 11) is 0. The van der Waals surface area contributed by atoms with Gasteiger partial charge in [-0.25, -0.2) is 28.5 Å². The number of carbonyl (C=O) groups excluding carboxylic acids is 1. The first-order chi connectivity index (χ1) is 20.0. The van der Waals surface area contributed by atoms with E-state index in [-0.39, 0.29) is 35.1 Å². The number of nitrogens with one attached hydrogen (secondary N) is 1. The van der Waals surface area contributed by atoms with Crippen LogP contribution >= 0.6 is 0 Å². The number of anilines is 4. The van der Waals surface area contributed by atoms with E-state index in [1.807, 2.05) is 45.6 Å². The maximum absolute atomic E-state index is 15.0. The number of benzene rings is 1. The van der Waals surface area contributed by atoms with Gasteiger partial charge in [0.05, 0.1) is 30.3 Å². The van der Waals surface area contributed by atoms with Gasteiger partial charge in [0.15, 0.2) is 17.4 Å². The number of hydrogen-bond donors (Lipinski definition) is 1. The predicted octanol–water partition coefficient (Wildman–Crippen LogP) is 5.61. The lowest BCUT2D eigenvalue weighted by Crippen LogP contribution is -2.39. The van der Waals surface area contributed by atoms with Crippen LogP contribution in [0, 0.1) is 11.6 Å². The third-order valence-corrected chi connectivity index (χ3v) is 7.05. The van der Waals surface area contributed by atoms with E-state index in [4.69, 9.17) is 9.47 Å². The van der Waals surface area contributed by atoms with E-state index in [9.17, 15) is 9.18 Å². The quantitative estimate of drug-likeness (QED) is 0.412. The van der Waals surface area contributed by atoms with Crippen LogP contribution in [0.3, 0.4) is 0 Å². The topological polar surface area (TPSA) is 96.0 Å². The molecule has 1 amide bonds. The van der Waals surface area contributed by atoms with Gasteiger partial charge in [-0.15, -0.1) is 0 Å². The third kappa shape index (κ3) is 6.63. The monoisotopic (exact) mass is 581 g/mol. The Kier molecular flexibility index (Phi) is 8.33. The molecule has 0 aliphatic carbocycles. The minimum Gasteiger partial charge on any atom is -0.486 e. The Balaban J connectivity index is 1.29. The Bertz CT molecular complexity index is 1430. The van der Waals surface area contributed by atoms with Crippen LogP contribution in [0.4, 0.5) is 36.7 Å². The average Bonchev–Trinajstić information content (AvgIpc) is 3.20. The standard InChI is InChI=1S/C30H37F2N7O3/c1-19(2)39-13-14-41-27-22(31)15-20(16-24(27)39)26-23(32)18-34-28(36-26)35-25-8-7-21(17-33-25)37-9-6-10-38(12-11-37)29(40)42-30(3,4)5/h7-8,15-19H,6,9-14H2,1-5H3,(H,33,34,35,36). The van der Waals surface area contributed by atoms with Crippen LogP contribution < -0.4 is 19.9 Å². The van der Waals surface area contributed by atoms with Crippen molar-refractivity contribution in [3.8, 4) is 17.0 Å². The van der Waals surface area contributed by atoms with Crippen LogP contribution in [0.15, 0.2) is 36.7 Å². The summed E-state index contributed by atoms with van der Waals surface area (Å²) >= 11 is 0. The summed E-state index contributed by atoms with van der Waals surface area (Å²) in [5.74, 6) is -0.474. The van der Waals surface area contributed by atoms with Crippen molar-refractivity contribution in [2.45, 2.75) is 52.7 Å². The number of halogens is 2. The summed E-state index contributed by atoms with van der Waals surface area (Å²) in [5, 5.41) is 3.01. The second-order valence-corrected chi connectivity index (χ2v) is 11.7. The van der Waals surface area contributed by atoms with Crippen molar-refractivity contribution in [2.24, 2.45) is 0 Å². The fraction of sp³-hybridized carbons (Fsp3) is 0.467. The zero-order valence-electron chi connectivity index (χ0n) is 24.7. The number of rotatable bonds is 5. The number of ether oxygens (including phenoxy) is 2. The van der Waals surface area contributed by atoms with Crippen molar-refractivity contribution in [1.82, 2.24) is 19.9 Å². The molecule has 0 atom stereocenters. The van der Waals surface area contributed by atoms with Crippen LogP contribution in [-0.2, 0) is 4.74 Å². The zero-order chi connectivity index (χ0) is 30.0. The zero-order valence-corrected chi connectivity index (χ0v) is 24.7. The highest BCUT2D eigenvalue weighted by atomic mass is 19.1. The van der Waals surface area contributed by atoms with Crippen molar-refractivity contribution in [1.29, 1.82) is 0 Å². The molecule has 0 bridgehead atoms. The van der Waals surface area contributed by atoms with E-state index in [1.54, 1.807) is 23.2 Å². The molecule has 2 aliphatic rings. The largest absolute Gasteiger partial charge is 0.486 e. The maximum atomic E-state index is 15.0. The third-order valence-electron chi connectivity index (χ3n) is 7.05. The van der Waals surface area contributed by atoms with E-state index >= 15 is 4.39 Å². The van der Waals surface area contributed by atoms with Crippen molar-refractivity contribution >= 4 is 29.2 Å². The van der Waals surface area contributed by atoms with Crippen molar-refractivity contribution in [3.05, 3.63) is 48.3 Å². The number of carbonyl (C=O) groups is 1. The van der Waals surface area contributed by atoms with Crippen LogP contribution in [-0.4, -0.2) is 76.9 Å². The Morgan fingerprint density at radius 2 is 1.83 bits per heavy atom. The molecule has 2 aromatic heterocycles. The Morgan fingerprint density at radius 3 is 2.55 bits per heavy atom. The lowest BCUT2D eigenvalue weighted by Gasteiger charge is -2.34. The first kappa shape index (κ1) is 29.3. The van der Waals surface area contributed by atoms with Gasteiger partial charge in [-0.3, -0.25) is 0 Å². The molecule has 224 valence electrons. The Hall–Kier alpha value is -4.22.